The standard InChI is InChI=1S/C13H25NO/c1-5-13(4,8-9-15-11(2)3)10-14-12-6-7-12/h5,11-12,14H,1,6-10H2,2-4H3. The molecule has 1 unspecified atom stereocenters. The van der Waals surface area contributed by atoms with E-state index in [1.54, 1.807) is 0 Å². The number of hydrogen-bond acceptors (Lipinski definition) is 2. The molecule has 0 aromatic carbocycles. The number of rotatable bonds is 8. The molecule has 1 saturated carbocycles. The van der Waals surface area contributed by atoms with E-state index in [0.717, 1.165) is 25.6 Å². The molecule has 1 aliphatic carbocycles. The molecule has 0 heterocycles. The van der Waals surface area contributed by atoms with Crippen LogP contribution in [0.4, 0.5) is 0 Å². The summed E-state index contributed by atoms with van der Waals surface area (Å²) in [6.07, 6.45) is 6.13. The van der Waals surface area contributed by atoms with Gasteiger partial charge in [0, 0.05) is 19.2 Å². The van der Waals surface area contributed by atoms with Gasteiger partial charge in [0.05, 0.1) is 6.10 Å². The van der Waals surface area contributed by atoms with Gasteiger partial charge >= 0.3 is 0 Å². The molecule has 88 valence electrons. The van der Waals surface area contributed by atoms with Crippen LogP contribution in [0.3, 0.4) is 0 Å². The van der Waals surface area contributed by atoms with Crippen LogP contribution in [0.1, 0.15) is 40.0 Å². The van der Waals surface area contributed by atoms with Gasteiger partial charge in [0.15, 0.2) is 0 Å². The summed E-state index contributed by atoms with van der Waals surface area (Å²) < 4.78 is 5.59. The minimum atomic E-state index is 0.178. The third-order valence-corrected chi connectivity index (χ3v) is 2.99. The fourth-order valence-corrected chi connectivity index (χ4v) is 1.46. The molecule has 0 aromatic heterocycles. The quantitative estimate of drug-likeness (QED) is 0.623. The topological polar surface area (TPSA) is 21.3 Å². The van der Waals surface area contributed by atoms with E-state index in [0.29, 0.717) is 6.10 Å². The summed E-state index contributed by atoms with van der Waals surface area (Å²) in [5.74, 6) is 0. The number of nitrogens with one attached hydrogen (secondary N) is 1. The molecule has 1 atom stereocenters. The monoisotopic (exact) mass is 211 g/mol. The van der Waals surface area contributed by atoms with E-state index in [-0.39, 0.29) is 5.41 Å². The average molecular weight is 211 g/mol. The highest BCUT2D eigenvalue weighted by molar-refractivity contribution is 4.95. The second kappa shape index (κ2) is 5.66. The molecule has 0 bridgehead atoms. The number of ether oxygens (including phenoxy) is 1. The second-order valence-corrected chi connectivity index (χ2v) is 5.18. The molecule has 0 amide bonds. The maximum absolute atomic E-state index is 5.59. The first-order chi connectivity index (χ1) is 7.06. The van der Waals surface area contributed by atoms with E-state index in [2.05, 4.69) is 38.7 Å². The first-order valence-corrected chi connectivity index (χ1v) is 6.04. The largest absolute Gasteiger partial charge is 0.379 e. The summed E-state index contributed by atoms with van der Waals surface area (Å²) in [4.78, 5) is 0. The van der Waals surface area contributed by atoms with Gasteiger partial charge in [-0.15, -0.1) is 6.58 Å². The highest BCUT2D eigenvalue weighted by Crippen LogP contribution is 2.25. The Morgan fingerprint density at radius 3 is 2.67 bits per heavy atom. The van der Waals surface area contributed by atoms with Gasteiger partial charge in [0.25, 0.3) is 0 Å². The minimum absolute atomic E-state index is 0.178. The van der Waals surface area contributed by atoms with Crippen LogP contribution in [0.5, 0.6) is 0 Å². The van der Waals surface area contributed by atoms with Crippen LogP contribution >= 0.6 is 0 Å². The molecular formula is C13H25NO. The summed E-state index contributed by atoms with van der Waals surface area (Å²) in [6, 6.07) is 0.773. The molecule has 1 rings (SSSR count). The molecule has 1 N–H and O–H groups in total. The van der Waals surface area contributed by atoms with Crippen LogP contribution < -0.4 is 5.32 Å². The fraction of sp³-hybridized carbons (Fsp3) is 0.846. The van der Waals surface area contributed by atoms with Crippen LogP contribution in [-0.2, 0) is 4.74 Å². The van der Waals surface area contributed by atoms with Crippen molar-refractivity contribution in [1.82, 2.24) is 5.32 Å². The lowest BCUT2D eigenvalue weighted by molar-refractivity contribution is 0.0617. The lowest BCUT2D eigenvalue weighted by Gasteiger charge is -2.26. The SMILES string of the molecule is C=CC(C)(CCOC(C)C)CNC1CC1. The zero-order valence-corrected chi connectivity index (χ0v) is 10.4. The van der Waals surface area contributed by atoms with Gasteiger partial charge in [-0.25, -0.2) is 0 Å². The maximum Gasteiger partial charge on any atom is 0.0518 e. The van der Waals surface area contributed by atoms with Crippen molar-refractivity contribution in [2.24, 2.45) is 5.41 Å². The van der Waals surface area contributed by atoms with Crippen molar-refractivity contribution in [3.05, 3.63) is 12.7 Å². The fourth-order valence-electron chi connectivity index (χ4n) is 1.46. The van der Waals surface area contributed by atoms with E-state index < -0.39 is 0 Å². The summed E-state index contributed by atoms with van der Waals surface area (Å²) in [5.41, 5.74) is 0.178. The molecule has 1 aliphatic rings. The maximum atomic E-state index is 5.59. The molecule has 15 heavy (non-hydrogen) atoms. The molecule has 1 fully saturated rings. The van der Waals surface area contributed by atoms with Gasteiger partial charge < -0.3 is 10.1 Å². The predicted molar refractivity (Wildman–Crippen MR) is 65.0 cm³/mol. The van der Waals surface area contributed by atoms with Crippen molar-refractivity contribution in [3.63, 3.8) is 0 Å². The highest BCUT2D eigenvalue weighted by Gasteiger charge is 2.26. The lowest BCUT2D eigenvalue weighted by Crippen LogP contribution is -2.32. The van der Waals surface area contributed by atoms with E-state index in [4.69, 9.17) is 4.74 Å². The van der Waals surface area contributed by atoms with E-state index in [9.17, 15) is 0 Å². The lowest BCUT2D eigenvalue weighted by atomic mass is 9.87. The Morgan fingerprint density at radius 1 is 1.53 bits per heavy atom. The first-order valence-electron chi connectivity index (χ1n) is 6.04. The van der Waals surface area contributed by atoms with Gasteiger partial charge in [0.1, 0.15) is 0 Å². The van der Waals surface area contributed by atoms with Gasteiger partial charge in [-0.1, -0.05) is 13.0 Å². The molecule has 2 nitrogen and oxygen atoms in total. The van der Waals surface area contributed by atoms with Crippen LogP contribution in [0.15, 0.2) is 12.7 Å². The molecule has 0 spiro atoms. The smallest absolute Gasteiger partial charge is 0.0518 e. The molecule has 0 radical (unpaired) electrons. The summed E-state index contributed by atoms with van der Waals surface area (Å²) in [7, 11) is 0. The van der Waals surface area contributed by atoms with Crippen molar-refractivity contribution in [3.8, 4) is 0 Å². The predicted octanol–water partition coefficient (Wildman–Crippen LogP) is 2.75. The normalized spacial score (nSPS) is 20.3. The Balaban J connectivity index is 2.20. The zero-order valence-electron chi connectivity index (χ0n) is 10.4. The molecule has 0 aromatic rings. The second-order valence-electron chi connectivity index (χ2n) is 5.18. The average Bonchev–Trinajstić information content (AvgIpc) is 2.98. The third-order valence-electron chi connectivity index (χ3n) is 2.99. The van der Waals surface area contributed by atoms with Crippen molar-refractivity contribution >= 4 is 0 Å². The van der Waals surface area contributed by atoms with E-state index >= 15 is 0 Å². The molecular weight excluding hydrogens is 186 g/mol. The van der Waals surface area contributed by atoms with Crippen molar-refractivity contribution < 1.29 is 4.74 Å². The molecule has 2 heteroatoms. The van der Waals surface area contributed by atoms with Crippen LogP contribution in [0.25, 0.3) is 0 Å². The van der Waals surface area contributed by atoms with Gasteiger partial charge in [-0.05, 0) is 38.5 Å². The Labute approximate surface area is 94.1 Å². The summed E-state index contributed by atoms with van der Waals surface area (Å²) in [6.45, 7) is 12.2. The number of hydrogen-bond donors (Lipinski definition) is 1. The third kappa shape index (κ3) is 5.33. The minimum Gasteiger partial charge on any atom is -0.379 e. The van der Waals surface area contributed by atoms with Crippen molar-refractivity contribution in [2.75, 3.05) is 13.2 Å². The van der Waals surface area contributed by atoms with Crippen LogP contribution in [-0.4, -0.2) is 25.3 Å². The Kier molecular flexibility index (Phi) is 4.81. The molecule has 0 aliphatic heterocycles. The summed E-state index contributed by atoms with van der Waals surface area (Å²) >= 11 is 0. The Morgan fingerprint density at radius 2 is 2.20 bits per heavy atom. The van der Waals surface area contributed by atoms with Crippen LogP contribution in [0, 0.1) is 5.41 Å². The van der Waals surface area contributed by atoms with Gasteiger partial charge in [0.2, 0.25) is 0 Å². The van der Waals surface area contributed by atoms with Gasteiger partial charge in [-0.3, -0.25) is 0 Å². The summed E-state index contributed by atoms with van der Waals surface area (Å²) in [5, 5.41) is 3.56. The Hall–Kier alpha value is -0.340. The van der Waals surface area contributed by atoms with E-state index in [1.807, 2.05) is 0 Å². The first kappa shape index (κ1) is 12.7. The molecule has 0 saturated heterocycles. The van der Waals surface area contributed by atoms with Crippen molar-refractivity contribution in [1.29, 1.82) is 0 Å². The highest BCUT2D eigenvalue weighted by atomic mass is 16.5. The zero-order chi connectivity index (χ0) is 11.3. The van der Waals surface area contributed by atoms with Gasteiger partial charge in [-0.2, -0.15) is 0 Å². The Bertz CT molecular complexity index is 199. The van der Waals surface area contributed by atoms with Crippen molar-refractivity contribution in [2.45, 2.75) is 52.2 Å². The van der Waals surface area contributed by atoms with E-state index in [1.165, 1.54) is 12.8 Å². The van der Waals surface area contributed by atoms with Crippen LogP contribution in [0.2, 0.25) is 0 Å².